The second-order valence-corrected chi connectivity index (χ2v) is 6.68. The number of aromatic nitrogens is 1. The van der Waals surface area contributed by atoms with Crippen molar-refractivity contribution in [2.24, 2.45) is 0 Å². The molecule has 0 radical (unpaired) electrons. The van der Waals surface area contributed by atoms with Crippen LogP contribution in [0.1, 0.15) is 38.4 Å². The molecule has 0 spiro atoms. The molecule has 3 heteroatoms. The highest BCUT2D eigenvalue weighted by Crippen LogP contribution is 2.34. The van der Waals surface area contributed by atoms with Gasteiger partial charge in [-0.1, -0.05) is 42.8 Å². The van der Waals surface area contributed by atoms with Gasteiger partial charge in [0.1, 0.15) is 0 Å². The van der Waals surface area contributed by atoms with Crippen molar-refractivity contribution < 1.29 is 0 Å². The molecule has 2 nitrogen and oxygen atoms in total. The minimum atomic E-state index is 0.189. The Kier molecular flexibility index (Phi) is 4.36. The minimum Gasteiger partial charge on any atom is -0.358 e. The maximum absolute atomic E-state index is 3.65. The largest absolute Gasteiger partial charge is 0.358 e. The van der Waals surface area contributed by atoms with Gasteiger partial charge in [-0.05, 0) is 44.1 Å². The van der Waals surface area contributed by atoms with Crippen LogP contribution in [-0.4, -0.2) is 18.6 Å². The number of H-pyrrole nitrogens is 1. The molecule has 1 aromatic carbocycles. The molecular formula is C16H23BrN2. The van der Waals surface area contributed by atoms with Gasteiger partial charge in [-0.25, -0.2) is 0 Å². The predicted octanol–water partition coefficient (Wildman–Crippen LogP) is 4.38. The molecule has 0 saturated heterocycles. The predicted molar refractivity (Wildman–Crippen MR) is 86.9 cm³/mol. The van der Waals surface area contributed by atoms with Gasteiger partial charge in [0.25, 0.3) is 0 Å². The zero-order valence-electron chi connectivity index (χ0n) is 12.2. The van der Waals surface area contributed by atoms with Gasteiger partial charge in [0.05, 0.1) is 0 Å². The number of hydrogen-bond donors (Lipinski definition) is 2. The van der Waals surface area contributed by atoms with Crippen LogP contribution in [0.2, 0.25) is 0 Å². The fraction of sp³-hybridized carbons (Fsp3) is 0.500. The zero-order chi connectivity index (χ0) is 14.0. The Balaban J connectivity index is 2.60. The highest BCUT2D eigenvalue weighted by Gasteiger charge is 2.25. The molecule has 0 unspecified atom stereocenters. The van der Waals surface area contributed by atoms with Crippen LogP contribution in [0, 0.1) is 0 Å². The van der Waals surface area contributed by atoms with Crippen molar-refractivity contribution in [1.29, 1.82) is 0 Å². The molecule has 0 atom stereocenters. The van der Waals surface area contributed by atoms with E-state index in [0.29, 0.717) is 0 Å². The minimum absolute atomic E-state index is 0.189. The van der Waals surface area contributed by atoms with Crippen molar-refractivity contribution >= 4 is 26.8 Å². The van der Waals surface area contributed by atoms with Gasteiger partial charge in [-0.3, -0.25) is 0 Å². The van der Waals surface area contributed by atoms with E-state index < -0.39 is 0 Å². The van der Waals surface area contributed by atoms with Crippen molar-refractivity contribution in [2.75, 3.05) is 13.6 Å². The van der Waals surface area contributed by atoms with Crippen LogP contribution in [0.15, 0.2) is 22.7 Å². The zero-order valence-corrected chi connectivity index (χ0v) is 13.8. The maximum Gasteiger partial charge on any atom is 0.0470 e. The van der Waals surface area contributed by atoms with Crippen LogP contribution in [0.4, 0.5) is 0 Å². The quantitative estimate of drug-likeness (QED) is 0.840. The first kappa shape index (κ1) is 14.6. The molecule has 2 N–H and O–H groups in total. The van der Waals surface area contributed by atoms with Crippen LogP contribution in [-0.2, 0) is 11.8 Å². The van der Waals surface area contributed by atoms with E-state index in [4.69, 9.17) is 0 Å². The Hall–Kier alpha value is -0.800. The molecule has 0 aliphatic carbocycles. The normalized spacial score (nSPS) is 12.3. The van der Waals surface area contributed by atoms with E-state index in [0.717, 1.165) is 23.9 Å². The Morgan fingerprint density at radius 2 is 2.05 bits per heavy atom. The van der Waals surface area contributed by atoms with Gasteiger partial charge in [0, 0.05) is 26.5 Å². The van der Waals surface area contributed by atoms with Crippen LogP contribution < -0.4 is 5.32 Å². The van der Waals surface area contributed by atoms with E-state index in [-0.39, 0.29) is 5.41 Å². The van der Waals surface area contributed by atoms with Gasteiger partial charge < -0.3 is 10.3 Å². The summed E-state index contributed by atoms with van der Waals surface area (Å²) >= 11 is 3.55. The van der Waals surface area contributed by atoms with Gasteiger partial charge >= 0.3 is 0 Å². The number of halogens is 1. The second-order valence-electron chi connectivity index (χ2n) is 5.76. The van der Waals surface area contributed by atoms with E-state index in [2.05, 4.69) is 65.2 Å². The topological polar surface area (TPSA) is 27.8 Å². The molecule has 1 aromatic heterocycles. The summed E-state index contributed by atoms with van der Waals surface area (Å²) in [6.45, 7) is 7.89. The van der Waals surface area contributed by atoms with Crippen molar-refractivity contribution in [2.45, 2.75) is 39.0 Å². The lowest BCUT2D eigenvalue weighted by Gasteiger charge is -2.23. The van der Waals surface area contributed by atoms with E-state index in [9.17, 15) is 0 Å². The molecule has 2 rings (SSSR count). The van der Waals surface area contributed by atoms with Crippen molar-refractivity contribution in [3.63, 3.8) is 0 Å². The van der Waals surface area contributed by atoms with Crippen LogP contribution >= 0.6 is 15.9 Å². The molecular weight excluding hydrogens is 300 g/mol. The van der Waals surface area contributed by atoms with E-state index in [1.807, 2.05) is 7.05 Å². The SMILES string of the molecule is CCC(C)(C)c1[nH]c2cc(Br)ccc2c1CCNC. The summed E-state index contributed by atoms with van der Waals surface area (Å²) in [5, 5.41) is 4.61. The third-order valence-corrected chi connectivity index (χ3v) is 4.55. The summed E-state index contributed by atoms with van der Waals surface area (Å²) in [7, 11) is 2.01. The number of fused-ring (bicyclic) bond motifs is 1. The van der Waals surface area contributed by atoms with Crippen molar-refractivity contribution in [1.82, 2.24) is 10.3 Å². The van der Waals surface area contributed by atoms with Crippen molar-refractivity contribution in [3.8, 4) is 0 Å². The molecule has 0 aliphatic rings. The van der Waals surface area contributed by atoms with Crippen LogP contribution in [0.3, 0.4) is 0 Å². The first-order chi connectivity index (χ1) is 8.99. The number of benzene rings is 1. The van der Waals surface area contributed by atoms with Gasteiger partial charge in [-0.2, -0.15) is 0 Å². The van der Waals surface area contributed by atoms with Crippen LogP contribution in [0.25, 0.3) is 10.9 Å². The average molecular weight is 323 g/mol. The van der Waals surface area contributed by atoms with Gasteiger partial charge in [-0.15, -0.1) is 0 Å². The van der Waals surface area contributed by atoms with Crippen molar-refractivity contribution in [3.05, 3.63) is 33.9 Å². The Bertz CT molecular complexity index is 569. The Labute approximate surface area is 124 Å². The standard InChI is InChI=1S/C16H23BrN2/c1-5-16(2,3)15-13(8-9-18-4)12-7-6-11(17)10-14(12)19-15/h6-7,10,18-19H,5,8-9H2,1-4H3. The van der Waals surface area contributed by atoms with E-state index in [1.165, 1.54) is 22.2 Å². The first-order valence-electron chi connectivity index (χ1n) is 6.94. The summed E-state index contributed by atoms with van der Waals surface area (Å²) in [5.74, 6) is 0. The molecule has 104 valence electrons. The molecule has 0 fully saturated rings. The molecule has 2 aromatic rings. The smallest absolute Gasteiger partial charge is 0.0470 e. The third-order valence-electron chi connectivity index (χ3n) is 4.05. The lowest BCUT2D eigenvalue weighted by atomic mass is 9.83. The van der Waals surface area contributed by atoms with Gasteiger partial charge in [0.2, 0.25) is 0 Å². The van der Waals surface area contributed by atoms with E-state index >= 15 is 0 Å². The number of nitrogens with one attached hydrogen (secondary N) is 2. The molecule has 19 heavy (non-hydrogen) atoms. The van der Waals surface area contributed by atoms with Crippen LogP contribution in [0.5, 0.6) is 0 Å². The summed E-state index contributed by atoms with van der Waals surface area (Å²) in [6.07, 6.45) is 2.20. The molecule has 1 heterocycles. The fourth-order valence-electron chi connectivity index (χ4n) is 2.49. The highest BCUT2D eigenvalue weighted by atomic mass is 79.9. The summed E-state index contributed by atoms with van der Waals surface area (Å²) in [4.78, 5) is 3.65. The maximum atomic E-state index is 3.65. The highest BCUT2D eigenvalue weighted by molar-refractivity contribution is 9.10. The number of aromatic amines is 1. The summed E-state index contributed by atoms with van der Waals surface area (Å²) in [6, 6.07) is 6.52. The van der Waals surface area contributed by atoms with Gasteiger partial charge in [0.15, 0.2) is 0 Å². The fourth-order valence-corrected chi connectivity index (χ4v) is 2.85. The lowest BCUT2D eigenvalue weighted by molar-refractivity contribution is 0.488. The molecule has 0 amide bonds. The molecule has 0 aliphatic heterocycles. The summed E-state index contributed by atoms with van der Waals surface area (Å²) in [5.41, 5.74) is 4.27. The second kappa shape index (κ2) is 5.68. The lowest BCUT2D eigenvalue weighted by Crippen LogP contribution is -2.20. The summed E-state index contributed by atoms with van der Waals surface area (Å²) < 4.78 is 1.13. The monoisotopic (exact) mass is 322 g/mol. The molecule has 0 bridgehead atoms. The number of rotatable bonds is 5. The Morgan fingerprint density at radius 3 is 2.68 bits per heavy atom. The van der Waals surface area contributed by atoms with E-state index in [1.54, 1.807) is 0 Å². The average Bonchev–Trinajstić information content (AvgIpc) is 2.74. The molecule has 0 saturated carbocycles. The Morgan fingerprint density at radius 1 is 1.32 bits per heavy atom. The third kappa shape index (κ3) is 2.87. The number of likely N-dealkylation sites (N-methyl/N-ethyl adjacent to an activating group) is 1. The number of hydrogen-bond acceptors (Lipinski definition) is 1. The first-order valence-corrected chi connectivity index (χ1v) is 7.74.